The van der Waals surface area contributed by atoms with Gasteiger partial charge in [-0.2, -0.15) is 0 Å². The molecule has 0 amide bonds. The van der Waals surface area contributed by atoms with Gasteiger partial charge in [0.2, 0.25) is 0 Å². The molecule has 0 N–H and O–H groups in total. The molecule has 2 aromatic rings. The molecule has 0 radical (unpaired) electrons. The van der Waals surface area contributed by atoms with Gasteiger partial charge in [0, 0.05) is 11.8 Å². The Bertz CT molecular complexity index is 504. The number of aromatic nitrogens is 1. The van der Waals surface area contributed by atoms with Gasteiger partial charge in [0.05, 0.1) is 5.01 Å². The number of nitrogens with zero attached hydrogens (tertiary/aromatic N) is 1. The van der Waals surface area contributed by atoms with Gasteiger partial charge in [0.15, 0.2) is 5.78 Å². The molecule has 0 atom stereocenters. The fourth-order valence-electron chi connectivity index (χ4n) is 1.37. The number of carbonyl (C=O) groups excluding carboxylic acids is 1. The molecule has 82 valence electrons. The first-order valence-corrected chi connectivity index (χ1v) is 5.73. The zero-order chi connectivity index (χ0) is 11.5. The van der Waals surface area contributed by atoms with Crippen LogP contribution in [-0.2, 0) is 6.42 Å². The summed E-state index contributed by atoms with van der Waals surface area (Å²) in [5.74, 6) is -0.323. The Balaban J connectivity index is 2.10. The van der Waals surface area contributed by atoms with Crippen molar-refractivity contribution in [2.75, 3.05) is 0 Å². The molecule has 0 aliphatic carbocycles. The number of carbonyl (C=O) groups is 1. The summed E-state index contributed by atoms with van der Waals surface area (Å²) in [7, 11) is 0. The second-order valence-electron chi connectivity index (χ2n) is 3.48. The van der Waals surface area contributed by atoms with Crippen LogP contribution in [0.25, 0.3) is 0 Å². The van der Waals surface area contributed by atoms with Gasteiger partial charge >= 0.3 is 0 Å². The van der Waals surface area contributed by atoms with Crippen molar-refractivity contribution in [1.82, 2.24) is 4.98 Å². The van der Waals surface area contributed by atoms with E-state index in [1.807, 2.05) is 6.92 Å². The van der Waals surface area contributed by atoms with E-state index >= 15 is 0 Å². The summed E-state index contributed by atoms with van der Waals surface area (Å²) < 4.78 is 12.7. The van der Waals surface area contributed by atoms with E-state index in [0.29, 0.717) is 5.69 Å². The number of aryl methyl sites for hydroxylation is 1. The van der Waals surface area contributed by atoms with Crippen LogP contribution in [0, 0.1) is 12.7 Å². The first-order chi connectivity index (χ1) is 7.65. The Kier molecular flexibility index (Phi) is 3.10. The third-order valence-electron chi connectivity index (χ3n) is 2.18. The normalized spacial score (nSPS) is 10.4. The van der Waals surface area contributed by atoms with Gasteiger partial charge in [0.25, 0.3) is 0 Å². The highest BCUT2D eigenvalue weighted by molar-refractivity contribution is 7.09. The molecule has 1 aromatic carbocycles. The Morgan fingerprint density at radius 3 is 2.62 bits per heavy atom. The molecule has 0 spiro atoms. The first-order valence-electron chi connectivity index (χ1n) is 4.85. The fraction of sp³-hybridized carbons (Fsp3) is 0.167. The third kappa shape index (κ3) is 2.52. The predicted molar refractivity (Wildman–Crippen MR) is 61.3 cm³/mol. The monoisotopic (exact) mass is 235 g/mol. The summed E-state index contributed by atoms with van der Waals surface area (Å²) in [6.07, 6.45) is 0.267. The molecule has 2 nitrogen and oxygen atoms in total. The van der Waals surface area contributed by atoms with Crippen molar-refractivity contribution in [1.29, 1.82) is 0 Å². The molecule has 1 aromatic heterocycles. The van der Waals surface area contributed by atoms with E-state index in [1.54, 1.807) is 17.5 Å². The van der Waals surface area contributed by atoms with Crippen molar-refractivity contribution in [3.05, 3.63) is 51.7 Å². The zero-order valence-corrected chi connectivity index (χ0v) is 9.55. The van der Waals surface area contributed by atoms with Crippen molar-refractivity contribution in [2.45, 2.75) is 13.3 Å². The molecule has 0 saturated heterocycles. The van der Waals surface area contributed by atoms with Crippen molar-refractivity contribution >= 4 is 17.1 Å². The average Bonchev–Trinajstić information content (AvgIpc) is 2.68. The molecule has 1 heterocycles. The number of hydrogen-bond acceptors (Lipinski definition) is 3. The van der Waals surface area contributed by atoms with E-state index in [0.717, 1.165) is 10.6 Å². The molecular weight excluding hydrogens is 225 g/mol. The summed E-state index contributed by atoms with van der Waals surface area (Å²) in [4.78, 5) is 15.9. The second-order valence-corrected chi connectivity index (χ2v) is 4.54. The number of Topliss-reactive ketones (excluding diaryl/α,β-unsaturated/α-hetero) is 1. The minimum atomic E-state index is -0.291. The lowest BCUT2D eigenvalue weighted by molar-refractivity contribution is 0.0988. The summed E-state index contributed by atoms with van der Waals surface area (Å²) in [6, 6.07) is 5.95. The number of ketones is 1. The van der Waals surface area contributed by atoms with Crippen LogP contribution in [0.4, 0.5) is 4.39 Å². The Morgan fingerprint density at radius 1 is 1.38 bits per heavy atom. The van der Waals surface area contributed by atoms with Gasteiger partial charge in [-0.05, 0) is 24.6 Å². The minimum absolute atomic E-state index is 0.0315. The quantitative estimate of drug-likeness (QED) is 0.765. The van der Waals surface area contributed by atoms with Gasteiger partial charge in [-0.1, -0.05) is 12.1 Å². The zero-order valence-electron chi connectivity index (χ0n) is 8.74. The van der Waals surface area contributed by atoms with Crippen LogP contribution >= 0.6 is 11.3 Å². The third-order valence-corrected chi connectivity index (χ3v) is 2.96. The maximum atomic E-state index is 12.7. The van der Waals surface area contributed by atoms with E-state index in [-0.39, 0.29) is 18.0 Å². The number of rotatable bonds is 3. The highest BCUT2D eigenvalue weighted by atomic mass is 32.1. The number of hydrogen-bond donors (Lipinski definition) is 0. The van der Waals surface area contributed by atoms with Crippen LogP contribution in [0.15, 0.2) is 29.6 Å². The van der Waals surface area contributed by atoms with E-state index < -0.39 is 0 Å². The molecule has 2 rings (SSSR count). The van der Waals surface area contributed by atoms with E-state index in [4.69, 9.17) is 0 Å². The van der Waals surface area contributed by atoms with Gasteiger partial charge < -0.3 is 0 Å². The van der Waals surface area contributed by atoms with E-state index in [1.165, 1.54) is 23.5 Å². The van der Waals surface area contributed by atoms with Crippen LogP contribution < -0.4 is 0 Å². The lowest BCUT2D eigenvalue weighted by Gasteiger charge is -1.98. The molecule has 16 heavy (non-hydrogen) atoms. The smallest absolute Gasteiger partial charge is 0.186 e. The molecule has 0 fully saturated rings. The van der Waals surface area contributed by atoms with Crippen LogP contribution in [-0.4, -0.2) is 10.8 Å². The molecule has 0 aliphatic rings. The molecule has 0 aliphatic heterocycles. The van der Waals surface area contributed by atoms with Crippen LogP contribution in [0.3, 0.4) is 0 Å². The lowest BCUT2D eigenvalue weighted by atomic mass is 10.1. The van der Waals surface area contributed by atoms with Crippen molar-refractivity contribution in [2.24, 2.45) is 0 Å². The average molecular weight is 235 g/mol. The maximum Gasteiger partial charge on any atom is 0.186 e. The highest BCUT2D eigenvalue weighted by Gasteiger charge is 2.10. The van der Waals surface area contributed by atoms with Crippen molar-refractivity contribution in [3.63, 3.8) is 0 Å². The van der Waals surface area contributed by atoms with Crippen LogP contribution in [0.2, 0.25) is 0 Å². The summed E-state index contributed by atoms with van der Waals surface area (Å²) in [5, 5.41) is 2.63. The Hall–Kier alpha value is -1.55. The minimum Gasteiger partial charge on any atom is -0.292 e. The first kappa shape index (κ1) is 11.0. The number of halogens is 1. The molecule has 0 bridgehead atoms. The molecule has 0 unspecified atom stereocenters. The fourth-order valence-corrected chi connectivity index (χ4v) is 1.99. The summed E-state index contributed by atoms with van der Waals surface area (Å²) >= 11 is 1.45. The summed E-state index contributed by atoms with van der Waals surface area (Å²) in [6.45, 7) is 1.86. The molecule has 4 heteroatoms. The van der Waals surface area contributed by atoms with Gasteiger partial charge in [-0.15, -0.1) is 11.3 Å². The SMILES string of the molecule is Cc1nc(C(=O)Cc2ccc(F)cc2)cs1. The predicted octanol–water partition coefficient (Wildman–Crippen LogP) is 3.02. The standard InChI is InChI=1S/C12H10FNOS/c1-8-14-11(7-16-8)12(15)6-9-2-4-10(13)5-3-9/h2-5,7H,6H2,1H3. The van der Waals surface area contributed by atoms with Crippen molar-refractivity contribution in [3.8, 4) is 0 Å². The van der Waals surface area contributed by atoms with Crippen molar-refractivity contribution < 1.29 is 9.18 Å². The van der Waals surface area contributed by atoms with Gasteiger partial charge in [0.1, 0.15) is 11.5 Å². The Morgan fingerprint density at radius 2 is 2.06 bits per heavy atom. The van der Waals surface area contributed by atoms with Gasteiger partial charge in [-0.3, -0.25) is 4.79 Å². The number of thiazole rings is 1. The van der Waals surface area contributed by atoms with Crippen LogP contribution in [0.1, 0.15) is 21.1 Å². The second kappa shape index (κ2) is 4.53. The maximum absolute atomic E-state index is 12.7. The van der Waals surface area contributed by atoms with Gasteiger partial charge in [-0.25, -0.2) is 9.37 Å². The molecule has 0 saturated carbocycles. The van der Waals surface area contributed by atoms with Crippen LogP contribution in [0.5, 0.6) is 0 Å². The Labute approximate surface area is 96.8 Å². The number of benzene rings is 1. The topological polar surface area (TPSA) is 30.0 Å². The summed E-state index contributed by atoms with van der Waals surface area (Å²) in [5.41, 5.74) is 1.30. The van der Waals surface area contributed by atoms with E-state index in [2.05, 4.69) is 4.98 Å². The lowest BCUT2D eigenvalue weighted by Crippen LogP contribution is -2.03. The molecular formula is C12H10FNOS. The largest absolute Gasteiger partial charge is 0.292 e. The highest BCUT2D eigenvalue weighted by Crippen LogP contribution is 2.12. The van der Waals surface area contributed by atoms with E-state index in [9.17, 15) is 9.18 Å².